The fraction of sp³-hybridized carbons (Fsp3) is 0.125. The summed E-state index contributed by atoms with van der Waals surface area (Å²) < 4.78 is 86.8. The Morgan fingerprint density at radius 1 is 1.13 bits per heavy atom. The molecule has 30 heavy (non-hydrogen) atoms. The highest BCUT2D eigenvalue weighted by Crippen LogP contribution is 2.55. The third-order valence-electron chi connectivity index (χ3n) is 3.95. The van der Waals surface area contributed by atoms with Crippen molar-refractivity contribution in [3.8, 4) is 11.6 Å². The molecule has 9 nitrogen and oxygen atoms in total. The summed E-state index contributed by atoms with van der Waals surface area (Å²) in [6.45, 7) is -1.24. The van der Waals surface area contributed by atoms with Crippen molar-refractivity contribution in [3.63, 3.8) is 0 Å². The van der Waals surface area contributed by atoms with Crippen molar-refractivity contribution in [2.75, 3.05) is 0 Å². The number of fused-ring (bicyclic) bond motifs is 1. The maximum atomic E-state index is 13.7. The topological polar surface area (TPSA) is 113 Å². The molecule has 0 spiro atoms. The molecule has 3 aromatic rings. The molecular weight excluding hydrogens is 439 g/mol. The Bertz CT molecular complexity index is 1320. The molecule has 1 atom stereocenters. The Morgan fingerprint density at radius 3 is 2.67 bits per heavy atom. The zero-order chi connectivity index (χ0) is 21.6. The first kappa shape index (κ1) is 20.1. The average molecular weight is 448 g/mol. The van der Waals surface area contributed by atoms with Gasteiger partial charge in [-0.3, -0.25) is 18.8 Å². The number of hydrogen-bond acceptors (Lipinski definition) is 7. The highest BCUT2D eigenvalue weighted by Gasteiger charge is 2.37. The molecule has 0 amide bonds. The van der Waals surface area contributed by atoms with E-state index in [2.05, 4.69) is 0 Å². The first-order valence-corrected chi connectivity index (χ1v) is 9.48. The lowest BCUT2D eigenvalue weighted by atomic mass is 10.2. The minimum Gasteiger partial charge on any atom is -0.438 e. The van der Waals surface area contributed by atoms with Gasteiger partial charge in [0.2, 0.25) is 11.7 Å². The van der Waals surface area contributed by atoms with Crippen molar-refractivity contribution < 1.29 is 40.1 Å². The summed E-state index contributed by atoms with van der Waals surface area (Å²) in [5, 5.41) is 0. The van der Waals surface area contributed by atoms with Crippen LogP contribution in [0.1, 0.15) is 11.3 Å². The molecule has 0 fully saturated rings. The van der Waals surface area contributed by atoms with Crippen molar-refractivity contribution in [3.05, 3.63) is 79.8 Å². The SMILES string of the molecule is O=c1[nH]c(=O)n(-c2cc3c(o2)COP(=O)(OCc2ccc(F)c(F)c2F)O3)cc1F. The summed E-state index contributed by atoms with van der Waals surface area (Å²) >= 11 is 0. The predicted octanol–water partition coefficient (Wildman–Crippen LogP) is 2.91. The van der Waals surface area contributed by atoms with Gasteiger partial charge in [-0.1, -0.05) is 6.07 Å². The number of H-pyrrole nitrogens is 1. The van der Waals surface area contributed by atoms with Crippen molar-refractivity contribution in [1.82, 2.24) is 9.55 Å². The van der Waals surface area contributed by atoms with Crippen LogP contribution < -0.4 is 15.8 Å². The maximum Gasteiger partial charge on any atom is 0.530 e. The molecule has 14 heteroatoms. The van der Waals surface area contributed by atoms with Gasteiger partial charge in [0.05, 0.1) is 12.8 Å². The monoisotopic (exact) mass is 448 g/mol. The molecule has 0 bridgehead atoms. The van der Waals surface area contributed by atoms with E-state index < -0.39 is 61.1 Å². The summed E-state index contributed by atoms with van der Waals surface area (Å²) in [7, 11) is -4.33. The van der Waals surface area contributed by atoms with Crippen molar-refractivity contribution >= 4 is 7.82 Å². The molecular formula is C16H9F4N2O7P. The van der Waals surface area contributed by atoms with Crippen LogP contribution in [0.5, 0.6) is 5.75 Å². The highest BCUT2D eigenvalue weighted by molar-refractivity contribution is 7.49. The Labute approximate surface area is 163 Å². The Morgan fingerprint density at radius 2 is 1.90 bits per heavy atom. The maximum absolute atomic E-state index is 13.7. The first-order chi connectivity index (χ1) is 14.2. The molecule has 2 aromatic heterocycles. The van der Waals surface area contributed by atoms with Gasteiger partial charge in [-0.15, -0.1) is 0 Å². The Hall–Kier alpha value is -3.15. The highest BCUT2D eigenvalue weighted by atomic mass is 31.2. The molecule has 1 aliphatic heterocycles. The van der Waals surface area contributed by atoms with Gasteiger partial charge in [-0.2, -0.15) is 4.39 Å². The lowest BCUT2D eigenvalue weighted by molar-refractivity contribution is 0.117. The molecule has 1 aromatic carbocycles. The van der Waals surface area contributed by atoms with E-state index in [9.17, 15) is 31.7 Å². The number of phosphoric acid groups is 1. The van der Waals surface area contributed by atoms with E-state index in [1.54, 1.807) is 4.98 Å². The normalized spacial score (nSPS) is 18.1. The van der Waals surface area contributed by atoms with Crippen molar-refractivity contribution in [2.24, 2.45) is 0 Å². The standard InChI is InChI=1S/C16H9F4N2O7P/c17-8-2-1-7(13(19)14(8)20)5-26-30(25)27-6-11-10(29-30)3-12(28-11)22-4-9(18)15(23)21-16(22)24/h1-4H,5-6H2,(H,21,23,24). The van der Waals surface area contributed by atoms with Gasteiger partial charge in [0.15, 0.2) is 29.0 Å². The van der Waals surface area contributed by atoms with Gasteiger partial charge in [0.1, 0.15) is 6.61 Å². The second-order valence-corrected chi connectivity index (χ2v) is 7.49. The summed E-state index contributed by atoms with van der Waals surface area (Å²) in [6, 6.07) is 2.62. The van der Waals surface area contributed by atoms with Gasteiger partial charge in [-0.25, -0.2) is 27.1 Å². The van der Waals surface area contributed by atoms with E-state index in [0.717, 1.165) is 12.1 Å². The van der Waals surface area contributed by atoms with E-state index in [0.29, 0.717) is 16.8 Å². The Kier molecular flexibility index (Phi) is 4.88. The van der Waals surface area contributed by atoms with Crippen LogP contribution in [0, 0.1) is 23.3 Å². The molecule has 3 heterocycles. The summed E-state index contributed by atoms with van der Waals surface area (Å²) in [6.07, 6.45) is 0.578. The van der Waals surface area contributed by atoms with Gasteiger partial charge < -0.3 is 8.94 Å². The number of aromatic nitrogens is 2. The molecule has 0 radical (unpaired) electrons. The molecule has 1 N–H and O–H groups in total. The zero-order valence-corrected chi connectivity index (χ0v) is 15.4. The van der Waals surface area contributed by atoms with E-state index in [4.69, 9.17) is 18.0 Å². The van der Waals surface area contributed by atoms with Crippen LogP contribution in [0.2, 0.25) is 0 Å². The third-order valence-corrected chi connectivity index (χ3v) is 5.26. The summed E-state index contributed by atoms with van der Waals surface area (Å²) in [5.74, 6) is -6.43. The third kappa shape index (κ3) is 3.58. The number of nitrogens with zero attached hydrogens (tertiary/aromatic N) is 1. The predicted molar refractivity (Wildman–Crippen MR) is 89.0 cm³/mol. The van der Waals surface area contributed by atoms with Crippen molar-refractivity contribution in [1.29, 1.82) is 0 Å². The number of aromatic amines is 1. The number of furan rings is 1. The van der Waals surface area contributed by atoms with Crippen LogP contribution in [0.3, 0.4) is 0 Å². The zero-order valence-electron chi connectivity index (χ0n) is 14.5. The second-order valence-electron chi connectivity index (χ2n) is 5.90. The number of rotatable bonds is 4. The minimum absolute atomic E-state index is 0.0439. The van der Waals surface area contributed by atoms with Crippen LogP contribution in [-0.2, 0) is 26.8 Å². The van der Waals surface area contributed by atoms with Gasteiger partial charge >= 0.3 is 13.5 Å². The summed E-state index contributed by atoms with van der Waals surface area (Å²) in [4.78, 5) is 24.7. The second kappa shape index (κ2) is 7.27. The average Bonchev–Trinajstić information content (AvgIpc) is 3.11. The van der Waals surface area contributed by atoms with E-state index in [1.807, 2.05) is 0 Å². The molecule has 4 rings (SSSR count). The number of halogens is 4. The fourth-order valence-corrected chi connectivity index (χ4v) is 3.63. The van der Waals surface area contributed by atoms with E-state index in [-0.39, 0.29) is 17.4 Å². The number of benzene rings is 1. The minimum atomic E-state index is -4.33. The molecule has 0 saturated heterocycles. The van der Waals surface area contributed by atoms with E-state index in [1.165, 1.54) is 0 Å². The molecule has 1 unspecified atom stereocenters. The van der Waals surface area contributed by atoms with Crippen LogP contribution >= 0.6 is 7.82 Å². The van der Waals surface area contributed by atoms with Crippen LogP contribution in [0.25, 0.3) is 5.88 Å². The van der Waals surface area contributed by atoms with E-state index >= 15 is 0 Å². The lowest BCUT2D eigenvalue weighted by Gasteiger charge is -2.21. The molecule has 1 aliphatic rings. The van der Waals surface area contributed by atoms with Gasteiger partial charge in [0.25, 0.3) is 5.56 Å². The molecule has 158 valence electrons. The first-order valence-electron chi connectivity index (χ1n) is 8.02. The molecule has 0 saturated carbocycles. The quantitative estimate of drug-likeness (QED) is 0.371. The number of hydrogen-bond donors (Lipinski definition) is 1. The Balaban J connectivity index is 1.56. The lowest BCUT2D eigenvalue weighted by Crippen LogP contribution is -2.30. The van der Waals surface area contributed by atoms with Gasteiger partial charge in [0, 0.05) is 11.6 Å². The smallest absolute Gasteiger partial charge is 0.438 e. The number of nitrogens with one attached hydrogen (secondary N) is 1. The largest absolute Gasteiger partial charge is 0.530 e. The van der Waals surface area contributed by atoms with Crippen LogP contribution in [-0.4, -0.2) is 9.55 Å². The van der Waals surface area contributed by atoms with Crippen LogP contribution in [0.4, 0.5) is 17.6 Å². The van der Waals surface area contributed by atoms with Crippen LogP contribution in [0.15, 0.2) is 38.4 Å². The number of phosphoric ester groups is 1. The fourth-order valence-electron chi connectivity index (χ4n) is 2.48. The molecule has 0 aliphatic carbocycles. The van der Waals surface area contributed by atoms with Gasteiger partial charge in [-0.05, 0) is 6.07 Å². The summed E-state index contributed by atoms with van der Waals surface area (Å²) in [5.41, 5.74) is -2.68. The van der Waals surface area contributed by atoms with Crippen molar-refractivity contribution in [2.45, 2.75) is 13.2 Å².